The van der Waals surface area contributed by atoms with E-state index >= 15 is 0 Å². The Morgan fingerprint density at radius 3 is 2.41 bits per heavy atom. The number of aliphatic hydroxyl groups excluding tert-OH is 1. The van der Waals surface area contributed by atoms with Gasteiger partial charge < -0.3 is 10.3 Å². The molecule has 0 radical (unpaired) electrons. The molecular formula is C26H47NO2. The van der Waals surface area contributed by atoms with E-state index in [-0.39, 0.29) is 12.0 Å². The fourth-order valence-electron chi connectivity index (χ4n) is 8.25. The Kier molecular flexibility index (Phi) is 7.40. The summed E-state index contributed by atoms with van der Waals surface area (Å²) in [6.45, 7) is 12.4. The third-order valence-electron chi connectivity index (χ3n) is 9.81. The van der Waals surface area contributed by atoms with Crippen LogP contribution in [0.5, 0.6) is 0 Å². The van der Waals surface area contributed by atoms with Crippen LogP contribution in [0.15, 0.2) is 5.16 Å². The number of oxime groups is 1. The molecule has 3 nitrogen and oxygen atoms in total. The molecule has 0 amide bonds. The van der Waals surface area contributed by atoms with Crippen molar-refractivity contribution >= 4 is 5.71 Å². The highest BCUT2D eigenvalue weighted by Crippen LogP contribution is 2.66. The van der Waals surface area contributed by atoms with Gasteiger partial charge in [0.05, 0.1) is 5.71 Å². The van der Waals surface area contributed by atoms with E-state index in [0.29, 0.717) is 11.3 Å². The molecule has 0 aromatic rings. The first-order valence-electron chi connectivity index (χ1n) is 12.6. The Hall–Kier alpha value is -0.570. The summed E-state index contributed by atoms with van der Waals surface area (Å²) in [7, 11) is 0. The summed E-state index contributed by atoms with van der Waals surface area (Å²) >= 11 is 0. The molecule has 0 unspecified atom stereocenters. The highest BCUT2D eigenvalue weighted by Gasteiger charge is 2.59. The van der Waals surface area contributed by atoms with Crippen molar-refractivity contribution in [2.24, 2.45) is 51.5 Å². The lowest BCUT2D eigenvalue weighted by molar-refractivity contribution is -0.0458. The second kappa shape index (κ2) is 9.28. The molecule has 3 aliphatic rings. The molecular weight excluding hydrogens is 358 g/mol. The van der Waals surface area contributed by atoms with Crippen LogP contribution in [0.1, 0.15) is 105 Å². The lowest BCUT2D eigenvalue weighted by atomic mass is 9.47. The van der Waals surface area contributed by atoms with E-state index < -0.39 is 0 Å². The first kappa shape index (κ1) is 23.1. The summed E-state index contributed by atoms with van der Waals surface area (Å²) in [6, 6.07) is 0. The minimum Gasteiger partial charge on any atom is -0.411 e. The Morgan fingerprint density at radius 1 is 1.00 bits per heavy atom. The molecule has 3 rings (SSSR count). The van der Waals surface area contributed by atoms with Crippen molar-refractivity contribution in [3.8, 4) is 0 Å². The monoisotopic (exact) mass is 405 g/mol. The molecule has 0 aromatic carbocycles. The van der Waals surface area contributed by atoms with E-state index in [0.717, 1.165) is 54.6 Å². The Morgan fingerprint density at radius 2 is 1.76 bits per heavy atom. The van der Waals surface area contributed by atoms with Gasteiger partial charge in [0.25, 0.3) is 0 Å². The predicted molar refractivity (Wildman–Crippen MR) is 121 cm³/mol. The van der Waals surface area contributed by atoms with Crippen LogP contribution in [0.4, 0.5) is 0 Å². The van der Waals surface area contributed by atoms with Crippen molar-refractivity contribution in [2.75, 3.05) is 6.61 Å². The summed E-state index contributed by atoms with van der Waals surface area (Å²) in [5, 5.41) is 22.9. The fraction of sp³-hybridized carbons (Fsp3) is 0.962. The van der Waals surface area contributed by atoms with Gasteiger partial charge in [-0.2, -0.15) is 0 Å². The zero-order chi connectivity index (χ0) is 21.2. The number of aliphatic hydroxyl groups is 1. The van der Waals surface area contributed by atoms with Gasteiger partial charge in [0.1, 0.15) is 0 Å². The number of hydrogen-bond acceptors (Lipinski definition) is 3. The van der Waals surface area contributed by atoms with Gasteiger partial charge in [0, 0.05) is 12.0 Å². The van der Waals surface area contributed by atoms with Gasteiger partial charge in [-0.05, 0) is 92.3 Å². The van der Waals surface area contributed by atoms with Gasteiger partial charge >= 0.3 is 0 Å². The summed E-state index contributed by atoms with van der Waals surface area (Å²) in [5.41, 5.74) is 1.49. The molecule has 2 N–H and O–H groups in total. The normalized spacial score (nSPS) is 42.1. The minimum absolute atomic E-state index is 0.0251. The van der Waals surface area contributed by atoms with Crippen LogP contribution in [0, 0.1) is 46.3 Å². The summed E-state index contributed by atoms with van der Waals surface area (Å²) < 4.78 is 0. The van der Waals surface area contributed by atoms with E-state index in [9.17, 15) is 10.3 Å². The highest BCUT2D eigenvalue weighted by molar-refractivity contribution is 5.90. The number of fused-ring (bicyclic) bond motifs is 3. The molecule has 0 aromatic heterocycles. The van der Waals surface area contributed by atoms with Crippen molar-refractivity contribution in [3.05, 3.63) is 0 Å². The zero-order valence-electron chi connectivity index (χ0n) is 19.8. The maximum Gasteiger partial charge on any atom is 0.0632 e. The topological polar surface area (TPSA) is 52.8 Å². The largest absolute Gasteiger partial charge is 0.411 e. The van der Waals surface area contributed by atoms with Crippen molar-refractivity contribution in [1.29, 1.82) is 0 Å². The number of nitrogens with zero attached hydrogens (tertiary/aromatic N) is 1. The SMILES string of the molecule is CC(C)CCC[C@@H](C)[C@H]1CC[C@H]2[C@@H]3CC/C(=N/O)[C@](C)(CCCO)[C@H]3CC[C@]12C. The molecule has 7 atom stereocenters. The Balaban J connectivity index is 1.75. The summed E-state index contributed by atoms with van der Waals surface area (Å²) in [4.78, 5) is 0. The maximum absolute atomic E-state index is 9.72. The van der Waals surface area contributed by atoms with Crippen LogP contribution in [0.3, 0.4) is 0 Å². The van der Waals surface area contributed by atoms with Crippen molar-refractivity contribution in [2.45, 2.75) is 105 Å². The van der Waals surface area contributed by atoms with Crippen LogP contribution in [0.2, 0.25) is 0 Å². The molecule has 3 heteroatoms. The molecule has 0 heterocycles. The van der Waals surface area contributed by atoms with Gasteiger partial charge in [-0.1, -0.05) is 59.0 Å². The van der Waals surface area contributed by atoms with Crippen molar-refractivity contribution in [3.63, 3.8) is 0 Å². The second-order valence-electron chi connectivity index (χ2n) is 11.7. The first-order valence-corrected chi connectivity index (χ1v) is 12.6. The van der Waals surface area contributed by atoms with Crippen LogP contribution in [-0.2, 0) is 0 Å². The van der Waals surface area contributed by atoms with E-state index in [1.54, 1.807) is 0 Å². The molecule has 3 fully saturated rings. The van der Waals surface area contributed by atoms with Gasteiger partial charge in [-0.25, -0.2) is 0 Å². The van der Waals surface area contributed by atoms with Gasteiger partial charge in [-0.15, -0.1) is 0 Å². The molecule has 0 aliphatic heterocycles. The quantitative estimate of drug-likeness (QED) is 0.340. The van der Waals surface area contributed by atoms with Crippen LogP contribution < -0.4 is 0 Å². The number of rotatable bonds is 8. The average molecular weight is 406 g/mol. The Bertz CT molecular complexity index is 573. The zero-order valence-corrected chi connectivity index (χ0v) is 19.8. The molecule has 168 valence electrons. The molecule has 0 spiro atoms. The number of hydrogen-bond donors (Lipinski definition) is 2. The second-order valence-corrected chi connectivity index (χ2v) is 11.7. The molecule has 29 heavy (non-hydrogen) atoms. The van der Waals surface area contributed by atoms with Crippen molar-refractivity contribution < 1.29 is 10.3 Å². The van der Waals surface area contributed by atoms with Crippen molar-refractivity contribution in [1.82, 2.24) is 0 Å². The van der Waals surface area contributed by atoms with Gasteiger partial charge in [-0.3, -0.25) is 0 Å². The van der Waals surface area contributed by atoms with Gasteiger partial charge in [0.15, 0.2) is 0 Å². The van der Waals surface area contributed by atoms with E-state index in [4.69, 9.17) is 0 Å². The third-order valence-corrected chi connectivity index (χ3v) is 9.81. The predicted octanol–water partition coefficient (Wildman–Crippen LogP) is 6.91. The Labute approximate surface area is 179 Å². The first-order chi connectivity index (χ1) is 13.8. The van der Waals surface area contributed by atoms with Crippen LogP contribution in [0.25, 0.3) is 0 Å². The highest BCUT2D eigenvalue weighted by atomic mass is 16.4. The standard InChI is InChI=1S/C26H47NO2/c1-18(2)8-6-9-19(3)21-11-12-22-20-10-13-24(27-29)26(5,15-7-17-28)23(20)14-16-25(21,22)4/h18-23,28-29H,6-17H2,1-5H3/b27-24-/t19-,20+,21-,22+,23+,25-,26-/m1/s1. The molecule has 3 saturated carbocycles. The van der Waals surface area contributed by atoms with Crippen LogP contribution in [-0.4, -0.2) is 22.6 Å². The van der Waals surface area contributed by atoms with Gasteiger partial charge in [0.2, 0.25) is 0 Å². The molecule has 0 bridgehead atoms. The lowest BCUT2D eigenvalue weighted by Gasteiger charge is -2.57. The fourth-order valence-corrected chi connectivity index (χ4v) is 8.25. The van der Waals surface area contributed by atoms with E-state index in [1.807, 2.05) is 0 Å². The van der Waals surface area contributed by atoms with E-state index in [2.05, 4.69) is 39.8 Å². The minimum atomic E-state index is -0.0251. The third kappa shape index (κ3) is 4.27. The average Bonchev–Trinajstić information content (AvgIpc) is 3.03. The maximum atomic E-state index is 9.72. The van der Waals surface area contributed by atoms with E-state index in [1.165, 1.54) is 51.4 Å². The summed E-state index contributed by atoms with van der Waals surface area (Å²) in [5.74, 6) is 4.80. The van der Waals surface area contributed by atoms with Crippen LogP contribution >= 0.6 is 0 Å². The summed E-state index contributed by atoms with van der Waals surface area (Å²) in [6.07, 6.45) is 13.5. The smallest absolute Gasteiger partial charge is 0.0632 e. The molecule has 3 aliphatic carbocycles. The lowest BCUT2D eigenvalue weighted by Crippen LogP contribution is -2.52. The molecule has 0 saturated heterocycles.